The molecule has 0 aliphatic carbocycles. The molecule has 6 rings (SSSR count). The summed E-state index contributed by atoms with van der Waals surface area (Å²) in [5.41, 5.74) is -0.635. The number of aryl methyl sites for hydroxylation is 1. The minimum atomic E-state index is -1.18. The van der Waals surface area contributed by atoms with Gasteiger partial charge in [-0.05, 0) is 71.9 Å². The van der Waals surface area contributed by atoms with Crippen LogP contribution in [0.5, 0.6) is 5.75 Å². The fourth-order valence-electron chi connectivity index (χ4n) is 6.36. The number of esters is 1. The third kappa shape index (κ3) is 6.10. The lowest BCUT2D eigenvalue weighted by atomic mass is 10.0. The first-order valence-corrected chi connectivity index (χ1v) is 16.1. The second-order valence-corrected chi connectivity index (χ2v) is 13.8. The largest absolute Gasteiger partial charge is 0.496 e. The van der Waals surface area contributed by atoms with Crippen molar-refractivity contribution in [3.8, 4) is 16.5 Å². The average molecular weight is 638 g/mol. The third-order valence-electron chi connectivity index (χ3n) is 8.44. The SMILES string of the molecule is COc1ccccc1[C@H](Cn1c(=O)n([C@H](C)C(=O)OC(C)(C)C)c(=O)c2c(C)c(-c3ncco3)sc21)OC1C[C@H]2CC[C@H](C1)O2. The molecule has 4 aromatic rings. The van der Waals surface area contributed by atoms with Crippen molar-refractivity contribution in [1.82, 2.24) is 14.1 Å². The summed E-state index contributed by atoms with van der Waals surface area (Å²) in [5.74, 6) is 0.290. The van der Waals surface area contributed by atoms with Gasteiger partial charge in [0.2, 0.25) is 5.89 Å². The summed E-state index contributed by atoms with van der Waals surface area (Å²) in [4.78, 5) is 47.1. The van der Waals surface area contributed by atoms with E-state index in [9.17, 15) is 14.4 Å². The Bertz CT molecular complexity index is 1800. The molecule has 2 fully saturated rings. The number of thiophene rings is 1. The van der Waals surface area contributed by atoms with Crippen molar-refractivity contribution < 1.29 is 28.2 Å². The fourth-order valence-corrected chi connectivity index (χ4v) is 7.61. The quantitative estimate of drug-likeness (QED) is 0.217. The molecule has 45 heavy (non-hydrogen) atoms. The van der Waals surface area contributed by atoms with Crippen molar-refractivity contribution >= 4 is 27.5 Å². The molecule has 5 heterocycles. The molecule has 3 aromatic heterocycles. The van der Waals surface area contributed by atoms with Crippen LogP contribution in [-0.2, 0) is 25.5 Å². The van der Waals surface area contributed by atoms with Gasteiger partial charge in [0.15, 0.2) is 0 Å². The van der Waals surface area contributed by atoms with Gasteiger partial charge in [-0.3, -0.25) is 9.36 Å². The highest BCUT2D eigenvalue weighted by molar-refractivity contribution is 7.22. The fraction of sp³-hybridized carbons (Fsp3) is 0.515. The minimum absolute atomic E-state index is 0.0642. The summed E-state index contributed by atoms with van der Waals surface area (Å²) in [6.07, 6.45) is 6.14. The first-order valence-electron chi connectivity index (χ1n) is 15.3. The summed E-state index contributed by atoms with van der Waals surface area (Å²) < 4.78 is 32.3. The number of fused-ring (bicyclic) bond motifs is 3. The molecule has 2 aliphatic rings. The molecule has 0 radical (unpaired) electrons. The molecule has 1 aromatic carbocycles. The Morgan fingerprint density at radius 3 is 2.51 bits per heavy atom. The Balaban J connectivity index is 1.52. The van der Waals surface area contributed by atoms with Crippen LogP contribution in [0.1, 0.15) is 76.7 Å². The van der Waals surface area contributed by atoms with E-state index in [2.05, 4.69) is 4.98 Å². The van der Waals surface area contributed by atoms with Gasteiger partial charge in [0.25, 0.3) is 5.56 Å². The smallest absolute Gasteiger partial charge is 0.333 e. The second kappa shape index (κ2) is 12.2. The highest BCUT2D eigenvalue weighted by atomic mass is 32.1. The van der Waals surface area contributed by atoms with Crippen LogP contribution in [0, 0.1) is 6.92 Å². The van der Waals surface area contributed by atoms with Crippen LogP contribution in [0.15, 0.2) is 50.7 Å². The van der Waals surface area contributed by atoms with Crippen LogP contribution in [0.2, 0.25) is 0 Å². The maximum absolute atomic E-state index is 14.4. The van der Waals surface area contributed by atoms with E-state index in [1.165, 1.54) is 35.3 Å². The van der Waals surface area contributed by atoms with Crippen molar-refractivity contribution in [2.75, 3.05) is 7.11 Å². The Morgan fingerprint density at radius 1 is 1.16 bits per heavy atom. The van der Waals surface area contributed by atoms with Gasteiger partial charge in [-0.1, -0.05) is 18.2 Å². The Morgan fingerprint density at radius 2 is 1.87 bits per heavy atom. The van der Waals surface area contributed by atoms with E-state index in [0.29, 0.717) is 32.3 Å². The molecule has 0 saturated carbocycles. The molecule has 0 unspecified atom stereocenters. The lowest BCUT2D eigenvalue weighted by Gasteiger charge is -2.32. The summed E-state index contributed by atoms with van der Waals surface area (Å²) >= 11 is 1.25. The van der Waals surface area contributed by atoms with E-state index < -0.39 is 35.0 Å². The topological polar surface area (TPSA) is 124 Å². The number of methoxy groups -OCH3 is 1. The predicted octanol–water partition coefficient (Wildman–Crippen LogP) is 5.57. The average Bonchev–Trinajstić information content (AvgIpc) is 3.72. The molecule has 2 aliphatic heterocycles. The van der Waals surface area contributed by atoms with Gasteiger partial charge < -0.3 is 23.4 Å². The zero-order valence-corrected chi connectivity index (χ0v) is 27.2. The van der Waals surface area contributed by atoms with Crippen molar-refractivity contribution in [3.05, 3.63) is 68.7 Å². The summed E-state index contributed by atoms with van der Waals surface area (Å²) in [7, 11) is 1.60. The Labute approximate surface area is 264 Å². The van der Waals surface area contributed by atoms with Gasteiger partial charge in [-0.15, -0.1) is 11.3 Å². The van der Waals surface area contributed by atoms with E-state index in [4.69, 9.17) is 23.4 Å². The van der Waals surface area contributed by atoms with Crippen LogP contribution in [-0.4, -0.2) is 51.1 Å². The van der Waals surface area contributed by atoms with Crippen LogP contribution in [0.25, 0.3) is 21.0 Å². The normalized spacial score (nSPS) is 21.2. The third-order valence-corrected chi connectivity index (χ3v) is 9.75. The number of carbonyl (C=O) groups is 1. The zero-order valence-electron chi connectivity index (χ0n) is 26.4. The summed E-state index contributed by atoms with van der Waals surface area (Å²) in [6, 6.07) is 6.39. The van der Waals surface area contributed by atoms with Crippen molar-refractivity contribution in [1.29, 1.82) is 0 Å². The van der Waals surface area contributed by atoms with Crippen LogP contribution >= 0.6 is 11.3 Å². The van der Waals surface area contributed by atoms with E-state index in [1.54, 1.807) is 34.8 Å². The number of para-hydroxylation sites is 1. The molecule has 240 valence electrons. The van der Waals surface area contributed by atoms with Crippen molar-refractivity contribution in [3.63, 3.8) is 0 Å². The molecule has 11 nitrogen and oxygen atoms in total. The first kappa shape index (κ1) is 31.3. The minimum Gasteiger partial charge on any atom is -0.496 e. The molecule has 0 N–H and O–H groups in total. The lowest BCUT2D eigenvalue weighted by molar-refractivity contribution is -0.158. The number of carbonyl (C=O) groups excluding carboxylic acids is 1. The highest BCUT2D eigenvalue weighted by Gasteiger charge is 2.38. The lowest BCUT2D eigenvalue weighted by Crippen LogP contribution is -2.45. The van der Waals surface area contributed by atoms with Crippen LogP contribution in [0.4, 0.5) is 0 Å². The number of hydrogen-bond acceptors (Lipinski definition) is 10. The van der Waals surface area contributed by atoms with Crippen LogP contribution < -0.4 is 16.0 Å². The molecular weight excluding hydrogens is 598 g/mol. The second-order valence-electron chi connectivity index (χ2n) is 12.8. The first-order chi connectivity index (χ1) is 21.4. The van der Waals surface area contributed by atoms with E-state index >= 15 is 0 Å². The molecule has 4 atom stereocenters. The number of aromatic nitrogens is 3. The Kier molecular flexibility index (Phi) is 8.49. The van der Waals surface area contributed by atoms with Crippen molar-refractivity contribution in [2.45, 2.75) is 103 Å². The maximum atomic E-state index is 14.4. The van der Waals surface area contributed by atoms with Gasteiger partial charge in [0, 0.05) is 5.56 Å². The number of benzene rings is 1. The van der Waals surface area contributed by atoms with Gasteiger partial charge in [0.1, 0.15) is 34.6 Å². The molecule has 0 amide bonds. The van der Waals surface area contributed by atoms with Crippen LogP contribution in [0.3, 0.4) is 0 Å². The molecule has 2 bridgehead atoms. The number of ether oxygens (including phenoxy) is 4. The zero-order chi connectivity index (χ0) is 32.0. The number of rotatable bonds is 9. The number of oxazole rings is 1. The maximum Gasteiger partial charge on any atom is 0.333 e. The Hall–Kier alpha value is -3.74. The van der Waals surface area contributed by atoms with E-state index in [1.807, 2.05) is 24.3 Å². The summed E-state index contributed by atoms with van der Waals surface area (Å²) in [6.45, 7) is 8.59. The van der Waals surface area contributed by atoms with Gasteiger partial charge in [0.05, 0.1) is 48.4 Å². The monoisotopic (exact) mass is 637 g/mol. The molecular formula is C33H39N3O8S. The molecule has 12 heteroatoms. The van der Waals surface area contributed by atoms with Gasteiger partial charge in [-0.25, -0.2) is 19.1 Å². The van der Waals surface area contributed by atoms with Gasteiger partial charge >= 0.3 is 11.7 Å². The number of hydrogen-bond donors (Lipinski definition) is 0. The van der Waals surface area contributed by atoms with Gasteiger partial charge in [-0.2, -0.15) is 0 Å². The van der Waals surface area contributed by atoms with Crippen molar-refractivity contribution in [2.24, 2.45) is 0 Å². The van der Waals surface area contributed by atoms with E-state index in [-0.39, 0.29) is 24.9 Å². The number of nitrogens with zero attached hydrogens (tertiary/aromatic N) is 3. The highest BCUT2D eigenvalue weighted by Crippen LogP contribution is 2.40. The standard InChI is InChI=1S/C33H39N3O8S/c1-18-26-29(37)36(19(2)31(38)44-33(3,4)5)32(39)35(30(26)45-27(18)28-34-13-14-41-28)17-25(23-9-7-8-10-24(23)40-6)43-22-15-20-11-12-21(16-22)42-20/h7-10,13-14,19-22,25H,11-12,15-17H2,1-6H3/t19-,20-,21-,25+/m1/s1. The molecule has 0 spiro atoms. The predicted molar refractivity (Wildman–Crippen MR) is 169 cm³/mol. The molecule has 2 saturated heterocycles. The summed E-state index contributed by atoms with van der Waals surface area (Å²) in [5, 5.41) is 0.311. The van der Waals surface area contributed by atoms with E-state index in [0.717, 1.165) is 35.8 Å².